The Kier molecular flexibility index (Phi) is 6.25. The molecule has 28 heavy (non-hydrogen) atoms. The zero-order valence-electron chi connectivity index (χ0n) is 15.4. The van der Waals surface area contributed by atoms with E-state index < -0.39 is 12.0 Å². The standard InChI is InChI=1S/C24H21NO3/c1-17(22(26)18-10-4-2-5-11-18)16-20(23(27)19-12-6-3-7-13-19)24(28)21-14-8-9-15-25-21/h2-15,20,24,28H,1,16H2. The van der Waals surface area contributed by atoms with Gasteiger partial charge in [0, 0.05) is 17.3 Å². The second-order valence-corrected chi connectivity index (χ2v) is 6.54. The summed E-state index contributed by atoms with van der Waals surface area (Å²) in [5, 5.41) is 10.9. The van der Waals surface area contributed by atoms with Gasteiger partial charge in [-0.05, 0) is 24.1 Å². The van der Waals surface area contributed by atoms with Crippen molar-refractivity contribution in [2.75, 3.05) is 0 Å². The van der Waals surface area contributed by atoms with Crippen LogP contribution in [0.1, 0.15) is 38.9 Å². The molecule has 1 aromatic heterocycles. The summed E-state index contributed by atoms with van der Waals surface area (Å²) in [5.74, 6) is -1.35. The molecule has 0 fully saturated rings. The van der Waals surface area contributed by atoms with Gasteiger partial charge in [-0.1, -0.05) is 73.3 Å². The van der Waals surface area contributed by atoms with Crippen molar-refractivity contribution in [2.45, 2.75) is 12.5 Å². The van der Waals surface area contributed by atoms with Crippen molar-refractivity contribution >= 4 is 11.6 Å². The number of benzene rings is 2. The SMILES string of the molecule is C=C(CC(C(=O)c1ccccc1)C(O)c1ccccn1)C(=O)c1ccccc1. The van der Waals surface area contributed by atoms with Gasteiger partial charge in [-0.25, -0.2) is 0 Å². The first-order valence-electron chi connectivity index (χ1n) is 9.03. The van der Waals surface area contributed by atoms with E-state index in [4.69, 9.17) is 0 Å². The van der Waals surface area contributed by atoms with Crippen molar-refractivity contribution in [3.63, 3.8) is 0 Å². The molecule has 0 saturated heterocycles. The van der Waals surface area contributed by atoms with Crippen molar-refractivity contribution in [2.24, 2.45) is 5.92 Å². The highest BCUT2D eigenvalue weighted by Crippen LogP contribution is 2.30. The summed E-state index contributed by atoms with van der Waals surface area (Å²) in [6, 6.07) is 22.7. The zero-order valence-corrected chi connectivity index (χ0v) is 15.4. The summed E-state index contributed by atoms with van der Waals surface area (Å²) < 4.78 is 0. The zero-order chi connectivity index (χ0) is 19.9. The van der Waals surface area contributed by atoms with Crippen molar-refractivity contribution in [3.05, 3.63) is 114 Å². The number of hydrogen-bond acceptors (Lipinski definition) is 4. The van der Waals surface area contributed by atoms with Crippen LogP contribution in [0.3, 0.4) is 0 Å². The molecule has 0 saturated carbocycles. The molecule has 0 aliphatic heterocycles. The van der Waals surface area contributed by atoms with Crippen LogP contribution in [-0.4, -0.2) is 21.7 Å². The van der Waals surface area contributed by atoms with E-state index in [2.05, 4.69) is 11.6 Å². The number of hydrogen-bond donors (Lipinski definition) is 1. The molecule has 0 aliphatic carbocycles. The maximum atomic E-state index is 13.1. The molecular weight excluding hydrogens is 350 g/mol. The Bertz CT molecular complexity index is 953. The maximum Gasteiger partial charge on any atom is 0.188 e. The predicted octanol–water partition coefficient (Wildman–Crippen LogP) is 4.44. The topological polar surface area (TPSA) is 67.3 Å². The van der Waals surface area contributed by atoms with Gasteiger partial charge in [0.1, 0.15) is 6.10 Å². The molecule has 0 bridgehead atoms. The number of aromatic nitrogens is 1. The van der Waals surface area contributed by atoms with Gasteiger partial charge < -0.3 is 5.11 Å². The molecule has 2 aromatic carbocycles. The largest absolute Gasteiger partial charge is 0.386 e. The molecule has 0 radical (unpaired) electrons. The maximum absolute atomic E-state index is 13.1. The van der Waals surface area contributed by atoms with Crippen molar-refractivity contribution in [1.29, 1.82) is 0 Å². The van der Waals surface area contributed by atoms with Crippen molar-refractivity contribution in [1.82, 2.24) is 4.98 Å². The number of nitrogens with zero attached hydrogens (tertiary/aromatic N) is 1. The highest BCUT2D eigenvalue weighted by Gasteiger charge is 2.31. The Morgan fingerprint density at radius 3 is 2.00 bits per heavy atom. The summed E-state index contributed by atoms with van der Waals surface area (Å²) in [4.78, 5) is 30.0. The molecule has 0 amide bonds. The number of ketones is 2. The average Bonchev–Trinajstić information content (AvgIpc) is 2.77. The van der Waals surface area contributed by atoms with Gasteiger partial charge in [-0.2, -0.15) is 0 Å². The lowest BCUT2D eigenvalue weighted by Gasteiger charge is -2.22. The minimum Gasteiger partial charge on any atom is -0.386 e. The highest BCUT2D eigenvalue weighted by atomic mass is 16.3. The smallest absolute Gasteiger partial charge is 0.188 e. The lowest BCUT2D eigenvalue weighted by Crippen LogP contribution is -2.25. The van der Waals surface area contributed by atoms with Crippen LogP contribution in [0.15, 0.2) is 97.2 Å². The van der Waals surface area contributed by atoms with Crippen LogP contribution in [-0.2, 0) is 0 Å². The summed E-state index contributed by atoms with van der Waals surface area (Å²) in [7, 11) is 0. The Morgan fingerprint density at radius 2 is 1.43 bits per heavy atom. The fourth-order valence-corrected chi connectivity index (χ4v) is 3.07. The Morgan fingerprint density at radius 1 is 0.857 bits per heavy atom. The molecule has 3 rings (SSSR count). The fourth-order valence-electron chi connectivity index (χ4n) is 3.07. The summed E-state index contributed by atoms with van der Waals surface area (Å²) in [5.41, 5.74) is 1.64. The molecule has 3 aromatic rings. The average molecular weight is 371 g/mol. The second-order valence-electron chi connectivity index (χ2n) is 6.54. The van der Waals surface area contributed by atoms with Gasteiger partial charge in [-0.3, -0.25) is 14.6 Å². The number of allylic oxidation sites excluding steroid dienone is 1. The Labute approximate surface area is 164 Å². The first kappa shape index (κ1) is 19.4. The Hall–Kier alpha value is -3.37. The van der Waals surface area contributed by atoms with Crippen LogP contribution in [0.2, 0.25) is 0 Å². The van der Waals surface area contributed by atoms with Crippen LogP contribution in [0.5, 0.6) is 0 Å². The number of carbonyl (C=O) groups is 2. The third-order valence-corrected chi connectivity index (χ3v) is 4.59. The van der Waals surface area contributed by atoms with E-state index in [1.807, 2.05) is 12.1 Å². The van der Waals surface area contributed by atoms with Gasteiger partial charge in [0.05, 0.1) is 11.6 Å². The fraction of sp³-hybridized carbons (Fsp3) is 0.125. The van der Waals surface area contributed by atoms with Gasteiger partial charge in [0.2, 0.25) is 0 Å². The van der Waals surface area contributed by atoms with Gasteiger partial charge >= 0.3 is 0 Å². The van der Waals surface area contributed by atoms with Crippen LogP contribution in [0.4, 0.5) is 0 Å². The molecule has 1 N–H and O–H groups in total. The number of carbonyl (C=O) groups excluding carboxylic acids is 2. The molecule has 140 valence electrons. The highest BCUT2D eigenvalue weighted by molar-refractivity contribution is 6.09. The van der Waals surface area contributed by atoms with Crippen molar-refractivity contribution < 1.29 is 14.7 Å². The monoisotopic (exact) mass is 371 g/mol. The summed E-state index contributed by atoms with van der Waals surface area (Å²) >= 11 is 0. The first-order chi connectivity index (χ1) is 13.6. The molecule has 2 unspecified atom stereocenters. The van der Waals surface area contributed by atoms with E-state index in [1.165, 1.54) is 0 Å². The van der Waals surface area contributed by atoms with Gasteiger partial charge in [0.25, 0.3) is 0 Å². The van der Waals surface area contributed by atoms with Crippen LogP contribution in [0, 0.1) is 5.92 Å². The van der Waals surface area contributed by atoms with E-state index in [-0.39, 0.29) is 23.6 Å². The van der Waals surface area contributed by atoms with E-state index in [9.17, 15) is 14.7 Å². The van der Waals surface area contributed by atoms with E-state index in [1.54, 1.807) is 72.9 Å². The number of aliphatic hydroxyl groups is 1. The summed E-state index contributed by atoms with van der Waals surface area (Å²) in [6.45, 7) is 3.89. The molecule has 1 heterocycles. The number of rotatable bonds is 8. The van der Waals surface area contributed by atoms with Crippen molar-refractivity contribution in [3.8, 4) is 0 Å². The predicted molar refractivity (Wildman–Crippen MR) is 108 cm³/mol. The molecular formula is C24H21NO3. The van der Waals surface area contributed by atoms with Crippen LogP contribution in [0.25, 0.3) is 0 Å². The molecule has 0 aliphatic rings. The van der Waals surface area contributed by atoms with Gasteiger partial charge in [0.15, 0.2) is 11.6 Å². The third-order valence-electron chi connectivity index (χ3n) is 4.59. The van der Waals surface area contributed by atoms with Crippen LogP contribution < -0.4 is 0 Å². The minimum atomic E-state index is -1.14. The minimum absolute atomic E-state index is 0.0409. The summed E-state index contributed by atoms with van der Waals surface area (Å²) in [6.07, 6.45) is 0.459. The Balaban J connectivity index is 1.89. The van der Waals surface area contributed by atoms with Crippen LogP contribution >= 0.6 is 0 Å². The van der Waals surface area contributed by atoms with Gasteiger partial charge in [-0.15, -0.1) is 0 Å². The normalized spacial score (nSPS) is 12.8. The second kappa shape index (κ2) is 9.02. The third kappa shape index (κ3) is 4.48. The van der Waals surface area contributed by atoms with E-state index >= 15 is 0 Å². The molecule has 4 heteroatoms. The molecule has 4 nitrogen and oxygen atoms in total. The number of aliphatic hydroxyl groups excluding tert-OH is 1. The quantitative estimate of drug-likeness (QED) is 0.469. The van der Waals surface area contributed by atoms with E-state index in [0.717, 1.165) is 0 Å². The molecule has 0 spiro atoms. The number of pyridine rings is 1. The lowest BCUT2D eigenvalue weighted by molar-refractivity contribution is 0.0660. The van der Waals surface area contributed by atoms with E-state index in [0.29, 0.717) is 16.8 Å². The first-order valence-corrected chi connectivity index (χ1v) is 9.03. The number of Topliss-reactive ketones (excluding diaryl/α,β-unsaturated/α-hetero) is 2. The molecule has 2 atom stereocenters. The lowest BCUT2D eigenvalue weighted by atomic mass is 9.84.